The summed E-state index contributed by atoms with van der Waals surface area (Å²) in [6.45, 7) is 0. The SMILES string of the molecule is COc1ccc(-c2cc(C(=O)N[C@H]3CC[C@@H](C(=O)O)C3)[nH]n2)cc1. The Morgan fingerprint density at radius 1 is 1.29 bits per heavy atom. The molecule has 1 aromatic carbocycles. The van der Waals surface area contributed by atoms with E-state index in [1.165, 1.54) is 0 Å². The van der Waals surface area contributed by atoms with Gasteiger partial charge in [0, 0.05) is 11.6 Å². The monoisotopic (exact) mass is 329 g/mol. The van der Waals surface area contributed by atoms with Crippen LogP contribution in [0, 0.1) is 5.92 Å². The van der Waals surface area contributed by atoms with Crippen LogP contribution in [0.4, 0.5) is 0 Å². The Hall–Kier alpha value is -2.83. The predicted octanol–water partition coefficient (Wildman–Crippen LogP) is 2.07. The van der Waals surface area contributed by atoms with Gasteiger partial charge in [-0.3, -0.25) is 14.7 Å². The van der Waals surface area contributed by atoms with E-state index in [2.05, 4.69) is 15.5 Å². The summed E-state index contributed by atoms with van der Waals surface area (Å²) in [5.74, 6) is -0.679. The molecule has 1 aliphatic rings. The van der Waals surface area contributed by atoms with E-state index in [1.54, 1.807) is 13.2 Å². The van der Waals surface area contributed by atoms with Crippen LogP contribution in [0.25, 0.3) is 11.3 Å². The minimum Gasteiger partial charge on any atom is -0.497 e. The lowest BCUT2D eigenvalue weighted by Crippen LogP contribution is -2.33. The molecular formula is C17H19N3O4. The number of carbonyl (C=O) groups is 2. The highest BCUT2D eigenvalue weighted by atomic mass is 16.5. The normalized spacial score (nSPS) is 19.9. The molecule has 0 bridgehead atoms. The first-order chi connectivity index (χ1) is 11.6. The van der Waals surface area contributed by atoms with Gasteiger partial charge in [0.1, 0.15) is 11.4 Å². The van der Waals surface area contributed by atoms with Crippen LogP contribution < -0.4 is 10.1 Å². The maximum Gasteiger partial charge on any atom is 0.306 e. The minimum absolute atomic E-state index is 0.105. The van der Waals surface area contributed by atoms with Crippen LogP contribution >= 0.6 is 0 Å². The van der Waals surface area contributed by atoms with Crippen LogP contribution in [0.3, 0.4) is 0 Å². The molecule has 1 aliphatic carbocycles. The van der Waals surface area contributed by atoms with E-state index in [0.717, 1.165) is 11.3 Å². The van der Waals surface area contributed by atoms with Crippen molar-refractivity contribution >= 4 is 11.9 Å². The minimum atomic E-state index is -0.796. The van der Waals surface area contributed by atoms with Crippen molar-refractivity contribution < 1.29 is 19.4 Å². The number of hydrogen-bond acceptors (Lipinski definition) is 4. The second-order valence-electron chi connectivity index (χ2n) is 5.91. The standard InChI is InChI=1S/C17H19N3O4/c1-24-13-6-3-10(4-7-13)14-9-15(20-19-14)16(21)18-12-5-2-11(8-12)17(22)23/h3-4,6-7,9,11-12H,2,5,8H2,1H3,(H,18,21)(H,19,20)(H,22,23)/t11-,12+/m1/s1. The van der Waals surface area contributed by atoms with Crippen LogP contribution in [0.15, 0.2) is 30.3 Å². The molecule has 7 heteroatoms. The Balaban J connectivity index is 1.64. The van der Waals surface area contributed by atoms with Gasteiger partial charge in [0.05, 0.1) is 18.7 Å². The number of hydrogen-bond donors (Lipinski definition) is 3. The number of rotatable bonds is 5. The Kier molecular flexibility index (Phi) is 4.50. The van der Waals surface area contributed by atoms with E-state index in [9.17, 15) is 9.59 Å². The fraction of sp³-hybridized carbons (Fsp3) is 0.353. The lowest BCUT2D eigenvalue weighted by Gasteiger charge is -2.11. The van der Waals surface area contributed by atoms with Crippen molar-refractivity contribution in [2.24, 2.45) is 5.92 Å². The highest BCUT2D eigenvalue weighted by molar-refractivity contribution is 5.93. The topological polar surface area (TPSA) is 104 Å². The summed E-state index contributed by atoms with van der Waals surface area (Å²) in [4.78, 5) is 23.2. The Morgan fingerprint density at radius 3 is 2.67 bits per heavy atom. The Morgan fingerprint density at radius 2 is 2.04 bits per heavy atom. The van der Waals surface area contributed by atoms with E-state index in [4.69, 9.17) is 9.84 Å². The van der Waals surface area contributed by atoms with Gasteiger partial charge in [0.2, 0.25) is 0 Å². The number of aromatic nitrogens is 2. The largest absolute Gasteiger partial charge is 0.497 e. The molecule has 3 rings (SSSR count). The van der Waals surface area contributed by atoms with E-state index in [-0.39, 0.29) is 17.9 Å². The van der Waals surface area contributed by atoms with E-state index < -0.39 is 5.97 Å². The molecule has 0 spiro atoms. The molecule has 1 fully saturated rings. The smallest absolute Gasteiger partial charge is 0.306 e. The van der Waals surface area contributed by atoms with Crippen molar-refractivity contribution in [3.05, 3.63) is 36.0 Å². The number of amides is 1. The summed E-state index contributed by atoms with van der Waals surface area (Å²) in [6.07, 6.45) is 1.75. The van der Waals surface area contributed by atoms with Crippen LogP contribution in [0.1, 0.15) is 29.8 Å². The Labute approximate surface area is 139 Å². The molecule has 126 valence electrons. The van der Waals surface area contributed by atoms with Gasteiger partial charge in [0.25, 0.3) is 5.91 Å². The number of carbonyl (C=O) groups excluding carboxylic acids is 1. The van der Waals surface area contributed by atoms with Crippen molar-refractivity contribution in [1.82, 2.24) is 15.5 Å². The number of benzene rings is 1. The second-order valence-corrected chi connectivity index (χ2v) is 5.91. The molecule has 24 heavy (non-hydrogen) atoms. The second kappa shape index (κ2) is 6.74. The number of aromatic amines is 1. The third-order valence-electron chi connectivity index (χ3n) is 4.33. The molecule has 2 atom stereocenters. The summed E-state index contributed by atoms with van der Waals surface area (Å²) in [7, 11) is 1.60. The average molecular weight is 329 g/mol. The maximum absolute atomic E-state index is 12.3. The highest BCUT2D eigenvalue weighted by Crippen LogP contribution is 2.26. The van der Waals surface area contributed by atoms with E-state index in [1.807, 2.05) is 24.3 Å². The van der Waals surface area contributed by atoms with Gasteiger partial charge < -0.3 is 15.2 Å². The van der Waals surface area contributed by atoms with E-state index in [0.29, 0.717) is 30.7 Å². The third kappa shape index (κ3) is 3.40. The fourth-order valence-electron chi connectivity index (χ4n) is 2.95. The third-order valence-corrected chi connectivity index (χ3v) is 4.33. The van der Waals surface area contributed by atoms with Gasteiger partial charge in [-0.05, 0) is 49.6 Å². The number of carboxylic acid groups (broad SMARTS) is 1. The van der Waals surface area contributed by atoms with Crippen molar-refractivity contribution in [2.45, 2.75) is 25.3 Å². The first-order valence-electron chi connectivity index (χ1n) is 7.80. The highest BCUT2D eigenvalue weighted by Gasteiger charge is 2.30. The quantitative estimate of drug-likeness (QED) is 0.779. The number of carboxylic acids is 1. The molecule has 1 saturated carbocycles. The number of nitrogens with one attached hydrogen (secondary N) is 2. The van der Waals surface area contributed by atoms with Crippen molar-refractivity contribution in [3.63, 3.8) is 0 Å². The molecular weight excluding hydrogens is 310 g/mol. The molecule has 0 radical (unpaired) electrons. The lowest BCUT2D eigenvalue weighted by atomic mass is 10.1. The molecule has 1 amide bonds. The zero-order valence-corrected chi connectivity index (χ0v) is 13.3. The van der Waals surface area contributed by atoms with E-state index >= 15 is 0 Å². The number of H-pyrrole nitrogens is 1. The Bertz CT molecular complexity index is 739. The summed E-state index contributed by atoms with van der Waals surface area (Å²) in [5, 5.41) is 18.8. The summed E-state index contributed by atoms with van der Waals surface area (Å²) in [6, 6.07) is 8.96. The van der Waals surface area contributed by atoms with Crippen molar-refractivity contribution in [2.75, 3.05) is 7.11 Å². The first kappa shape index (κ1) is 16.0. The first-order valence-corrected chi connectivity index (χ1v) is 7.80. The maximum atomic E-state index is 12.3. The molecule has 3 N–H and O–H groups in total. The van der Waals surface area contributed by atoms with Crippen LogP contribution in [-0.2, 0) is 4.79 Å². The zero-order chi connectivity index (χ0) is 17.1. The molecule has 0 saturated heterocycles. The van der Waals surface area contributed by atoms with Crippen molar-refractivity contribution in [3.8, 4) is 17.0 Å². The molecule has 1 heterocycles. The van der Waals surface area contributed by atoms with Crippen LogP contribution in [0.2, 0.25) is 0 Å². The van der Waals surface area contributed by atoms with Crippen molar-refractivity contribution in [1.29, 1.82) is 0 Å². The molecule has 1 aromatic heterocycles. The number of ether oxygens (including phenoxy) is 1. The number of methoxy groups -OCH3 is 1. The number of nitrogens with zero attached hydrogens (tertiary/aromatic N) is 1. The van der Waals surface area contributed by atoms with Gasteiger partial charge in [-0.25, -0.2) is 0 Å². The predicted molar refractivity (Wildman–Crippen MR) is 86.8 cm³/mol. The van der Waals surface area contributed by atoms with Gasteiger partial charge >= 0.3 is 5.97 Å². The molecule has 7 nitrogen and oxygen atoms in total. The zero-order valence-electron chi connectivity index (χ0n) is 13.3. The average Bonchev–Trinajstić information content (AvgIpc) is 3.24. The van der Waals surface area contributed by atoms with Gasteiger partial charge in [-0.15, -0.1) is 0 Å². The van der Waals surface area contributed by atoms with Gasteiger partial charge in [0.15, 0.2) is 0 Å². The van der Waals surface area contributed by atoms with Gasteiger partial charge in [-0.2, -0.15) is 5.10 Å². The van der Waals surface area contributed by atoms with Crippen LogP contribution in [0.5, 0.6) is 5.75 Å². The molecule has 2 aromatic rings. The van der Waals surface area contributed by atoms with Crippen LogP contribution in [-0.4, -0.2) is 40.3 Å². The van der Waals surface area contributed by atoms with Gasteiger partial charge in [-0.1, -0.05) is 0 Å². The number of aliphatic carboxylic acids is 1. The molecule has 0 unspecified atom stereocenters. The summed E-state index contributed by atoms with van der Waals surface area (Å²) < 4.78 is 5.11. The molecule has 0 aliphatic heterocycles. The summed E-state index contributed by atoms with van der Waals surface area (Å²) >= 11 is 0. The lowest BCUT2D eigenvalue weighted by molar-refractivity contribution is -0.141. The summed E-state index contributed by atoms with van der Waals surface area (Å²) in [5.41, 5.74) is 1.90. The fourth-order valence-corrected chi connectivity index (χ4v) is 2.95.